The van der Waals surface area contributed by atoms with E-state index >= 15 is 0 Å². The second kappa shape index (κ2) is 7.01. The fraction of sp³-hybridized carbons (Fsp3) is 0.385. The first-order valence-electron chi connectivity index (χ1n) is 5.70. The van der Waals surface area contributed by atoms with Gasteiger partial charge < -0.3 is 9.47 Å². The van der Waals surface area contributed by atoms with Crippen LogP contribution in [-0.4, -0.2) is 12.1 Å². The summed E-state index contributed by atoms with van der Waals surface area (Å²) in [4.78, 5) is 22.4. The minimum atomic E-state index is -0.999. The van der Waals surface area contributed by atoms with Crippen molar-refractivity contribution in [1.82, 2.24) is 0 Å². The Morgan fingerprint density at radius 3 is 2.61 bits per heavy atom. The predicted molar refractivity (Wildman–Crippen MR) is 67.3 cm³/mol. The van der Waals surface area contributed by atoms with Crippen LogP contribution in [0.2, 0.25) is 5.02 Å². The lowest BCUT2D eigenvalue weighted by atomic mass is 10.1. The maximum Gasteiger partial charge on any atom is 0.516 e. The minimum Gasteiger partial charge on any atom is -0.426 e. The van der Waals surface area contributed by atoms with E-state index in [4.69, 9.17) is 16.3 Å². The maximum absolute atomic E-state index is 11.3. The second-order valence-electron chi connectivity index (χ2n) is 3.76. The van der Waals surface area contributed by atoms with Gasteiger partial charge >= 0.3 is 12.1 Å². The van der Waals surface area contributed by atoms with Crippen LogP contribution < -0.4 is 0 Å². The van der Waals surface area contributed by atoms with E-state index in [0.29, 0.717) is 17.0 Å². The third-order valence-electron chi connectivity index (χ3n) is 2.27. The number of rotatable bonds is 4. The van der Waals surface area contributed by atoms with Gasteiger partial charge in [-0.3, -0.25) is 4.79 Å². The number of esters is 1. The molecule has 0 aliphatic rings. The Balaban J connectivity index is 2.55. The van der Waals surface area contributed by atoms with Crippen LogP contribution in [0.3, 0.4) is 0 Å². The smallest absolute Gasteiger partial charge is 0.426 e. The van der Waals surface area contributed by atoms with E-state index in [1.807, 2.05) is 6.92 Å². The van der Waals surface area contributed by atoms with Crippen molar-refractivity contribution in [2.75, 3.05) is 0 Å². The maximum atomic E-state index is 11.3. The van der Waals surface area contributed by atoms with Crippen molar-refractivity contribution in [2.45, 2.75) is 32.8 Å². The first kappa shape index (κ1) is 14.5. The fourth-order valence-electron chi connectivity index (χ4n) is 1.38. The molecule has 0 saturated carbocycles. The normalized spacial score (nSPS) is 11.7. The zero-order valence-corrected chi connectivity index (χ0v) is 11.1. The third-order valence-corrected chi connectivity index (χ3v) is 2.61. The Kier molecular flexibility index (Phi) is 5.65. The highest BCUT2D eigenvalue weighted by Crippen LogP contribution is 2.25. The van der Waals surface area contributed by atoms with Crippen molar-refractivity contribution >= 4 is 23.7 Å². The van der Waals surface area contributed by atoms with E-state index in [1.54, 1.807) is 31.2 Å². The molecule has 1 atom stereocenters. The van der Waals surface area contributed by atoms with Gasteiger partial charge in [-0.1, -0.05) is 36.7 Å². The summed E-state index contributed by atoms with van der Waals surface area (Å²) >= 11 is 5.96. The Labute approximate surface area is 111 Å². The Bertz CT molecular complexity index is 431. The monoisotopic (exact) mass is 270 g/mol. The summed E-state index contributed by atoms with van der Waals surface area (Å²) in [5.41, 5.74) is 0.666. The van der Waals surface area contributed by atoms with Gasteiger partial charge in [-0.15, -0.1) is 0 Å². The van der Waals surface area contributed by atoms with Crippen LogP contribution in [0.15, 0.2) is 24.3 Å². The van der Waals surface area contributed by atoms with E-state index < -0.39 is 18.2 Å². The number of hydrogen-bond donors (Lipinski definition) is 0. The van der Waals surface area contributed by atoms with Gasteiger partial charge in [0.15, 0.2) is 0 Å². The van der Waals surface area contributed by atoms with E-state index in [2.05, 4.69) is 4.74 Å². The molecule has 0 aromatic heterocycles. The zero-order chi connectivity index (χ0) is 13.5. The molecule has 98 valence electrons. The van der Waals surface area contributed by atoms with E-state index in [9.17, 15) is 9.59 Å². The van der Waals surface area contributed by atoms with Gasteiger partial charge in [-0.25, -0.2) is 4.79 Å². The van der Waals surface area contributed by atoms with Gasteiger partial charge in [-0.05, 0) is 19.4 Å². The lowest BCUT2D eigenvalue weighted by Crippen LogP contribution is -2.15. The topological polar surface area (TPSA) is 52.6 Å². The summed E-state index contributed by atoms with van der Waals surface area (Å²) in [6.07, 6.45) is -0.761. The Morgan fingerprint density at radius 2 is 2.00 bits per heavy atom. The average Bonchev–Trinajstić information content (AvgIpc) is 2.29. The van der Waals surface area contributed by atoms with E-state index in [1.165, 1.54) is 0 Å². The molecule has 4 nitrogen and oxygen atoms in total. The molecule has 0 bridgehead atoms. The van der Waals surface area contributed by atoms with Crippen molar-refractivity contribution in [3.63, 3.8) is 0 Å². The fourth-order valence-corrected chi connectivity index (χ4v) is 1.67. The van der Waals surface area contributed by atoms with Crippen molar-refractivity contribution in [1.29, 1.82) is 0 Å². The Hall–Kier alpha value is -1.55. The molecule has 0 spiro atoms. The molecule has 1 unspecified atom stereocenters. The van der Waals surface area contributed by atoms with Gasteiger partial charge in [0.05, 0.1) is 0 Å². The van der Waals surface area contributed by atoms with Crippen molar-refractivity contribution < 1.29 is 19.1 Å². The number of ether oxygens (including phenoxy) is 2. The molecule has 0 N–H and O–H groups in total. The molecule has 0 amide bonds. The molecule has 5 heteroatoms. The average molecular weight is 271 g/mol. The van der Waals surface area contributed by atoms with Gasteiger partial charge in [0, 0.05) is 17.0 Å². The van der Waals surface area contributed by atoms with Crippen LogP contribution in [0.1, 0.15) is 38.4 Å². The van der Waals surface area contributed by atoms with Crippen LogP contribution >= 0.6 is 11.6 Å². The first-order chi connectivity index (χ1) is 8.54. The molecule has 0 radical (unpaired) electrons. The molecular formula is C13H15ClO4. The number of hydrogen-bond acceptors (Lipinski definition) is 4. The number of benzene rings is 1. The molecule has 0 saturated heterocycles. The highest BCUT2D eigenvalue weighted by Gasteiger charge is 2.17. The third kappa shape index (κ3) is 4.37. The second-order valence-corrected chi connectivity index (χ2v) is 4.16. The van der Waals surface area contributed by atoms with Gasteiger partial charge in [0.25, 0.3) is 0 Å². The van der Waals surface area contributed by atoms with Crippen LogP contribution in [0.4, 0.5) is 4.79 Å². The zero-order valence-electron chi connectivity index (χ0n) is 10.3. The van der Waals surface area contributed by atoms with Crippen LogP contribution in [0.25, 0.3) is 0 Å². The molecule has 0 fully saturated rings. The predicted octanol–water partition coefficient (Wildman–Crippen LogP) is 3.88. The SMILES string of the molecule is CCCC(=O)OC(=O)OC(C)c1ccccc1Cl. The number of carbonyl (C=O) groups excluding carboxylic acids is 2. The largest absolute Gasteiger partial charge is 0.516 e. The molecule has 0 aliphatic heterocycles. The summed E-state index contributed by atoms with van der Waals surface area (Å²) in [5, 5.41) is 0.498. The minimum absolute atomic E-state index is 0.190. The number of halogens is 1. The van der Waals surface area contributed by atoms with Crippen LogP contribution in [0.5, 0.6) is 0 Å². The van der Waals surface area contributed by atoms with Gasteiger partial charge in [0.1, 0.15) is 6.10 Å². The molecule has 0 heterocycles. The van der Waals surface area contributed by atoms with Crippen molar-refractivity contribution in [3.8, 4) is 0 Å². The summed E-state index contributed by atoms with van der Waals surface area (Å²) in [5.74, 6) is -0.589. The first-order valence-corrected chi connectivity index (χ1v) is 6.08. The highest BCUT2D eigenvalue weighted by atomic mass is 35.5. The summed E-state index contributed by atoms with van der Waals surface area (Å²) < 4.78 is 9.45. The van der Waals surface area contributed by atoms with Crippen LogP contribution in [0, 0.1) is 0 Å². The standard InChI is InChI=1S/C13H15ClO4/c1-3-6-12(15)18-13(16)17-9(2)10-7-4-5-8-11(10)14/h4-5,7-9H,3,6H2,1-2H3. The van der Waals surface area contributed by atoms with E-state index in [0.717, 1.165) is 0 Å². The molecule has 1 aromatic carbocycles. The number of carbonyl (C=O) groups is 2. The summed E-state index contributed by atoms with van der Waals surface area (Å²) in [7, 11) is 0. The van der Waals surface area contributed by atoms with E-state index in [-0.39, 0.29) is 6.42 Å². The molecule has 0 aliphatic carbocycles. The van der Waals surface area contributed by atoms with Gasteiger partial charge in [0.2, 0.25) is 0 Å². The van der Waals surface area contributed by atoms with Gasteiger partial charge in [-0.2, -0.15) is 0 Å². The summed E-state index contributed by atoms with van der Waals surface area (Å²) in [6, 6.07) is 7.01. The molecule has 1 aromatic rings. The summed E-state index contributed by atoms with van der Waals surface area (Å²) in [6.45, 7) is 3.48. The molecule has 1 rings (SSSR count). The highest BCUT2D eigenvalue weighted by molar-refractivity contribution is 6.31. The van der Waals surface area contributed by atoms with Crippen molar-refractivity contribution in [2.24, 2.45) is 0 Å². The van der Waals surface area contributed by atoms with Crippen molar-refractivity contribution in [3.05, 3.63) is 34.9 Å². The molecular weight excluding hydrogens is 256 g/mol. The quantitative estimate of drug-likeness (QED) is 0.615. The molecule has 18 heavy (non-hydrogen) atoms. The lowest BCUT2D eigenvalue weighted by molar-refractivity contribution is -0.140. The van der Waals surface area contributed by atoms with Crippen LogP contribution in [-0.2, 0) is 14.3 Å². The Morgan fingerprint density at radius 1 is 1.33 bits per heavy atom. The lowest BCUT2D eigenvalue weighted by Gasteiger charge is -2.13.